The first-order valence-electron chi connectivity index (χ1n) is 11.2. The maximum Gasteiger partial charge on any atom is 0.254 e. The van der Waals surface area contributed by atoms with Crippen LogP contribution >= 0.6 is 0 Å². The van der Waals surface area contributed by atoms with Crippen LogP contribution in [0.15, 0.2) is 40.8 Å². The number of ether oxygens (including phenoxy) is 1. The Hall–Kier alpha value is -2.66. The molecule has 1 saturated heterocycles. The van der Waals surface area contributed by atoms with Gasteiger partial charge in [-0.2, -0.15) is 0 Å². The highest BCUT2D eigenvalue weighted by molar-refractivity contribution is 5.97. The normalized spacial score (nSPS) is 19.9. The fourth-order valence-electron chi connectivity index (χ4n) is 4.85. The van der Waals surface area contributed by atoms with Crippen LogP contribution in [-0.2, 0) is 15.6 Å². The van der Waals surface area contributed by atoms with Gasteiger partial charge in [-0.1, -0.05) is 33.8 Å². The molecule has 3 aromatic rings. The highest BCUT2D eigenvalue weighted by Gasteiger charge is 2.37. The van der Waals surface area contributed by atoms with Crippen LogP contribution in [-0.4, -0.2) is 42.1 Å². The van der Waals surface area contributed by atoms with Crippen molar-refractivity contribution >= 4 is 17.0 Å². The Morgan fingerprint density at radius 2 is 1.65 bits per heavy atom. The highest BCUT2D eigenvalue weighted by atomic mass is 16.5. The molecule has 0 bridgehead atoms. The van der Waals surface area contributed by atoms with Crippen molar-refractivity contribution in [2.24, 2.45) is 0 Å². The third-order valence-corrected chi connectivity index (χ3v) is 7.03. The Bertz CT molecular complexity index is 1150. The predicted molar refractivity (Wildman–Crippen MR) is 121 cm³/mol. The molecule has 1 fully saturated rings. The second-order valence-electron chi connectivity index (χ2n) is 10.1. The first kappa shape index (κ1) is 20.3. The van der Waals surface area contributed by atoms with E-state index < -0.39 is 0 Å². The minimum absolute atomic E-state index is 0.0147. The molecule has 5 rings (SSSR count). The van der Waals surface area contributed by atoms with Gasteiger partial charge in [-0.05, 0) is 65.1 Å². The van der Waals surface area contributed by atoms with Crippen LogP contribution in [0.1, 0.15) is 62.0 Å². The number of hydrogen-bond acceptors (Lipinski definition) is 4. The van der Waals surface area contributed by atoms with Crippen LogP contribution in [0.4, 0.5) is 0 Å². The van der Waals surface area contributed by atoms with Crippen LogP contribution in [0.3, 0.4) is 0 Å². The summed E-state index contributed by atoms with van der Waals surface area (Å²) in [6.07, 6.45) is 2.35. The summed E-state index contributed by atoms with van der Waals surface area (Å²) in [5.41, 5.74) is 6.14. The topological polar surface area (TPSA) is 55.6 Å². The van der Waals surface area contributed by atoms with Crippen LogP contribution in [0, 0.1) is 0 Å². The van der Waals surface area contributed by atoms with Gasteiger partial charge in [0.2, 0.25) is 5.89 Å². The lowest BCUT2D eigenvalue weighted by molar-refractivity contribution is 0.0303. The van der Waals surface area contributed by atoms with E-state index in [4.69, 9.17) is 14.1 Å². The van der Waals surface area contributed by atoms with Gasteiger partial charge in [0.1, 0.15) is 5.52 Å². The van der Waals surface area contributed by atoms with Gasteiger partial charge in [0.15, 0.2) is 5.58 Å². The average Bonchev–Trinajstić information content (AvgIpc) is 3.20. The number of oxazole rings is 1. The molecule has 1 aromatic heterocycles. The number of morpholine rings is 1. The summed E-state index contributed by atoms with van der Waals surface area (Å²) < 4.78 is 11.5. The van der Waals surface area contributed by atoms with Crippen LogP contribution in [0.25, 0.3) is 22.6 Å². The van der Waals surface area contributed by atoms with Crippen molar-refractivity contribution in [3.63, 3.8) is 0 Å². The molecule has 162 valence electrons. The SMILES string of the molecule is CC1(C)CCC(C)(C)c2cc(-c3nc4ccc(C(=O)N5CCOCC5)cc4o3)ccc21. The van der Waals surface area contributed by atoms with Crippen molar-refractivity contribution in [3.05, 3.63) is 53.1 Å². The first-order valence-corrected chi connectivity index (χ1v) is 11.2. The quantitative estimate of drug-likeness (QED) is 0.565. The van der Waals surface area contributed by atoms with Crippen molar-refractivity contribution in [2.75, 3.05) is 26.3 Å². The molecule has 2 aliphatic rings. The van der Waals surface area contributed by atoms with Crippen LogP contribution in [0.5, 0.6) is 0 Å². The molecule has 0 spiro atoms. The molecule has 0 saturated carbocycles. The Kier molecular flexibility index (Phi) is 4.70. The standard InChI is InChI=1S/C26H30N2O3/c1-25(2)9-10-26(3,4)20-15-17(5-7-19(20)25)23-27-21-8-6-18(16-22(21)31-23)24(29)28-11-13-30-14-12-28/h5-8,15-16H,9-14H2,1-4H3. The van der Waals surface area contributed by atoms with E-state index in [0.717, 1.165) is 17.5 Å². The number of amides is 1. The summed E-state index contributed by atoms with van der Waals surface area (Å²) >= 11 is 0. The molecule has 0 radical (unpaired) electrons. The summed E-state index contributed by atoms with van der Waals surface area (Å²) in [5.74, 6) is 0.619. The number of carbonyl (C=O) groups excluding carboxylic acids is 1. The second kappa shape index (κ2) is 7.20. The van der Waals surface area contributed by atoms with Gasteiger partial charge < -0.3 is 14.1 Å². The van der Waals surface area contributed by atoms with Crippen LogP contribution < -0.4 is 0 Å². The van der Waals surface area contributed by atoms with Gasteiger partial charge in [0.05, 0.1) is 13.2 Å². The minimum Gasteiger partial charge on any atom is -0.436 e. The predicted octanol–water partition coefficient (Wildman–Crippen LogP) is 5.32. The Morgan fingerprint density at radius 3 is 2.39 bits per heavy atom. The highest BCUT2D eigenvalue weighted by Crippen LogP contribution is 2.46. The molecular formula is C26H30N2O3. The summed E-state index contributed by atoms with van der Waals surface area (Å²) in [6, 6.07) is 12.1. The number of aromatic nitrogens is 1. The molecular weight excluding hydrogens is 388 g/mol. The van der Waals surface area contributed by atoms with E-state index in [-0.39, 0.29) is 16.7 Å². The Balaban J connectivity index is 1.50. The van der Waals surface area contributed by atoms with Gasteiger partial charge in [-0.15, -0.1) is 0 Å². The maximum atomic E-state index is 12.8. The summed E-state index contributed by atoms with van der Waals surface area (Å²) in [5, 5.41) is 0. The Morgan fingerprint density at radius 1 is 0.935 bits per heavy atom. The van der Waals surface area contributed by atoms with Crippen molar-refractivity contribution in [1.29, 1.82) is 0 Å². The lowest BCUT2D eigenvalue weighted by Crippen LogP contribution is -2.40. The first-order chi connectivity index (χ1) is 14.7. The number of carbonyl (C=O) groups is 1. The number of nitrogens with zero attached hydrogens (tertiary/aromatic N) is 2. The number of benzene rings is 2. The molecule has 2 aromatic carbocycles. The number of hydrogen-bond donors (Lipinski definition) is 0. The molecule has 0 N–H and O–H groups in total. The van der Waals surface area contributed by atoms with E-state index >= 15 is 0 Å². The van der Waals surface area contributed by atoms with Crippen LogP contribution in [0.2, 0.25) is 0 Å². The molecule has 1 aliphatic heterocycles. The lowest BCUT2D eigenvalue weighted by atomic mass is 9.63. The van der Waals surface area contributed by atoms with Crippen molar-refractivity contribution < 1.29 is 13.9 Å². The van der Waals surface area contributed by atoms with Gasteiger partial charge in [0.25, 0.3) is 5.91 Å². The fraction of sp³-hybridized carbons (Fsp3) is 0.462. The number of fused-ring (bicyclic) bond motifs is 2. The van der Waals surface area contributed by atoms with Crippen molar-refractivity contribution in [1.82, 2.24) is 9.88 Å². The monoisotopic (exact) mass is 418 g/mol. The van der Waals surface area contributed by atoms with Gasteiger partial charge in [-0.3, -0.25) is 4.79 Å². The second-order valence-corrected chi connectivity index (χ2v) is 10.1. The molecule has 5 nitrogen and oxygen atoms in total. The molecule has 5 heteroatoms. The van der Waals surface area contributed by atoms with E-state index in [1.54, 1.807) is 0 Å². The summed E-state index contributed by atoms with van der Waals surface area (Å²) in [6.45, 7) is 11.7. The molecule has 31 heavy (non-hydrogen) atoms. The fourth-order valence-corrected chi connectivity index (χ4v) is 4.85. The smallest absolute Gasteiger partial charge is 0.254 e. The van der Waals surface area contributed by atoms with Crippen molar-refractivity contribution in [3.8, 4) is 11.5 Å². The molecule has 1 aliphatic carbocycles. The zero-order valence-electron chi connectivity index (χ0n) is 18.8. The van der Waals surface area contributed by atoms with E-state index in [1.165, 1.54) is 17.5 Å². The van der Waals surface area contributed by atoms with E-state index in [0.29, 0.717) is 43.3 Å². The van der Waals surface area contributed by atoms with Gasteiger partial charge >= 0.3 is 0 Å². The summed E-state index contributed by atoms with van der Waals surface area (Å²) in [4.78, 5) is 19.4. The number of rotatable bonds is 2. The van der Waals surface area contributed by atoms with E-state index in [9.17, 15) is 4.79 Å². The molecule has 0 unspecified atom stereocenters. The van der Waals surface area contributed by atoms with Gasteiger partial charge in [0, 0.05) is 24.2 Å². The minimum atomic E-state index is 0.0147. The lowest BCUT2D eigenvalue weighted by Gasteiger charge is -2.42. The third kappa shape index (κ3) is 3.55. The van der Waals surface area contributed by atoms with Crippen molar-refractivity contribution in [2.45, 2.75) is 51.4 Å². The zero-order valence-corrected chi connectivity index (χ0v) is 18.8. The van der Waals surface area contributed by atoms with Gasteiger partial charge in [-0.25, -0.2) is 4.98 Å². The average molecular weight is 419 g/mol. The maximum absolute atomic E-state index is 12.8. The molecule has 0 atom stereocenters. The Labute approximate surface area is 183 Å². The van der Waals surface area contributed by atoms with E-state index in [2.05, 4.69) is 45.9 Å². The summed E-state index contributed by atoms with van der Waals surface area (Å²) in [7, 11) is 0. The van der Waals surface area contributed by atoms with E-state index in [1.807, 2.05) is 23.1 Å². The molecule has 1 amide bonds. The largest absolute Gasteiger partial charge is 0.436 e. The zero-order chi connectivity index (χ0) is 21.8. The third-order valence-electron chi connectivity index (χ3n) is 7.03. The molecule has 2 heterocycles.